The maximum atomic E-state index is 14.0. The first-order valence-corrected chi connectivity index (χ1v) is 6.79. The van der Waals surface area contributed by atoms with E-state index in [2.05, 4.69) is 9.97 Å². The van der Waals surface area contributed by atoms with Gasteiger partial charge in [0.2, 0.25) is 0 Å². The highest BCUT2D eigenvalue weighted by Gasteiger charge is 2.15. The van der Waals surface area contributed by atoms with Gasteiger partial charge in [0.25, 0.3) is 0 Å². The fourth-order valence-corrected chi connectivity index (χ4v) is 2.26. The van der Waals surface area contributed by atoms with Crippen LogP contribution in [0.5, 0.6) is 5.75 Å². The first-order valence-electron chi connectivity index (χ1n) is 6.79. The summed E-state index contributed by atoms with van der Waals surface area (Å²) >= 11 is 0. The quantitative estimate of drug-likeness (QED) is 0.818. The molecule has 0 saturated carbocycles. The van der Waals surface area contributed by atoms with Crippen molar-refractivity contribution in [3.63, 3.8) is 0 Å². The van der Waals surface area contributed by atoms with Crippen molar-refractivity contribution in [2.24, 2.45) is 0 Å². The van der Waals surface area contributed by atoms with Crippen molar-refractivity contribution in [1.82, 2.24) is 14.9 Å². The second-order valence-corrected chi connectivity index (χ2v) is 4.85. The van der Waals surface area contributed by atoms with E-state index >= 15 is 0 Å². The molecule has 1 heterocycles. The number of halogens is 1. The highest BCUT2D eigenvalue weighted by molar-refractivity contribution is 5.34. The molecule has 114 valence electrons. The molecular weight excluding hydrogens is 273 g/mol. The molecule has 2 rings (SSSR count). The van der Waals surface area contributed by atoms with Gasteiger partial charge in [-0.2, -0.15) is 0 Å². The Hall–Kier alpha value is -1.92. The molecule has 0 fully saturated rings. The van der Waals surface area contributed by atoms with Gasteiger partial charge < -0.3 is 14.8 Å². The van der Waals surface area contributed by atoms with Crippen LogP contribution >= 0.6 is 0 Å². The number of nitrogens with zero attached hydrogens (tertiary/aromatic N) is 2. The summed E-state index contributed by atoms with van der Waals surface area (Å²) in [6, 6.07) is 4.76. The molecule has 0 unspecified atom stereocenters. The lowest BCUT2D eigenvalue weighted by atomic mass is 10.1. The predicted molar refractivity (Wildman–Crippen MR) is 77.5 cm³/mol. The van der Waals surface area contributed by atoms with Crippen molar-refractivity contribution in [2.75, 3.05) is 20.3 Å². The van der Waals surface area contributed by atoms with Crippen LogP contribution in [0.3, 0.4) is 0 Å². The minimum Gasteiger partial charge on any atom is -0.496 e. The van der Waals surface area contributed by atoms with Crippen LogP contribution in [-0.4, -0.2) is 40.2 Å². The number of hydrogen-bond acceptors (Lipinski definition) is 4. The molecule has 0 saturated heterocycles. The van der Waals surface area contributed by atoms with E-state index in [0.717, 1.165) is 11.5 Å². The Kier molecular flexibility index (Phi) is 5.30. The Morgan fingerprint density at radius 1 is 1.38 bits per heavy atom. The third-order valence-corrected chi connectivity index (χ3v) is 3.24. The number of hydrogen-bond donors (Lipinski definition) is 2. The maximum absolute atomic E-state index is 14.0. The Morgan fingerprint density at radius 2 is 2.19 bits per heavy atom. The Bertz CT molecular complexity index is 586. The zero-order chi connectivity index (χ0) is 15.2. The average molecular weight is 293 g/mol. The number of aromatic nitrogens is 2. The Balaban J connectivity index is 2.16. The summed E-state index contributed by atoms with van der Waals surface area (Å²) in [7, 11) is 1.52. The van der Waals surface area contributed by atoms with Crippen LogP contribution in [-0.2, 0) is 13.1 Å². The van der Waals surface area contributed by atoms with E-state index in [4.69, 9.17) is 4.74 Å². The number of imidazole rings is 1. The van der Waals surface area contributed by atoms with E-state index in [-0.39, 0.29) is 12.4 Å². The van der Waals surface area contributed by atoms with Gasteiger partial charge in [-0.3, -0.25) is 4.90 Å². The molecule has 0 radical (unpaired) electrons. The van der Waals surface area contributed by atoms with Gasteiger partial charge in [0.05, 0.1) is 13.7 Å². The number of benzene rings is 1. The van der Waals surface area contributed by atoms with Crippen molar-refractivity contribution in [2.45, 2.75) is 20.0 Å². The van der Waals surface area contributed by atoms with Crippen LogP contribution in [0.4, 0.5) is 4.39 Å². The van der Waals surface area contributed by atoms with Gasteiger partial charge in [0.15, 0.2) is 0 Å². The topological polar surface area (TPSA) is 61.4 Å². The summed E-state index contributed by atoms with van der Waals surface area (Å²) in [5.41, 5.74) is 1.42. The molecule has 5 nitrogen and oxygen atoms in total. The van der Waals surface area contributed by atoms with Crippen molar-refractivity contribution in [1.29, 1.82) is 0 Å². The minimum atomic E-state index is -0.307. The second-order valence-electron chi connectivity index (χ2n) is 4.85. The minimum absolute atomic E-state index is 0.00386. The molecular formula is C15H20FN3O2. The lowest BCUT2D eigenvalue weighted by molar-refractivity contribution is 0.180. The molecule has 0 atom stereocenters. The summed E-state index contributed by atoms with van der Waals surface area (Å²) in [5, 5.41) is 9.20. The van der Waals surface area contributed by atoms with Crippen molar-refractivity contribution in [3.8, 4) is 5.75 Å². The highest BCUT2D eigenvalue weighted by Crippen LogP contribution is 2.23. The second kappa shape index (κ2) is 7.19. The summed E-state index contributed by atoms with van der Waals surface area (Å²) in [5.74, 6) is 1.04. The predicted octanol–water partition coefficient (Wildman–Crippen LogP) is 1.86. The molecule has 0 aliphatic carbocycles. The van der Waals surface area contributed by atoms with Crippen LogP contribution in [0.25, 0.3) is 0 Å². The molecule has 0 bridgehead atoms. The summed E-state index contributed by atoms with van der Waals surface area (Å²) in [6.45, 7) is 3.23. The number of methoxy groups -OCH3 is 1. The molecule has 0 aliphatic heterocycles. The number of aliphatic hydroxyl groups is 1. The fourth-order valence-electron chi connectivity index (χ4n) is 2.26. The molecule has 0 amide bonds. The molecule has 0 aliphatic rings. The zero-order valence-corrected chi connectivity index (χ0v) is 12.3. The van der Waals surface area contributed by atoms with Gasteiger partial charge in [-0.15, -0.1) is 0 Å². The normalized spacial score (nSPS) is 11.1. The molecule has 1 aromatic heterocycles. The number of ether oxygens (including phenoxy) is 1. The van der Waals surface area contributed by atoms with Crippen LogP contribution in [0.1, 0.15) is 17.1 Å². The molecule has 2 N–H and O–H groups in total. The third-order valence-electron chi connectivity index (χ3n) is 3.24. The van der Waals surface area contributed by atoms with Crippen LogP contribution < -0.4 is 4.74 Å². The van der Waals surface area contributed by atoms with Gasteiger partial charge >= 0.3 is 0 Å². The number of H-pyrrole nitrogens is 1. The number of aromatic amines is 1. The van der Waals surface area contributed by atoms with E-state index in [9.17, 15) is 9.50 Å². The average Bonchev–Trinajstić information content (AvgIpc) is 2.86. The molecule has 1 aromatic carbocycles. The number of aryl methyl sites for hydroxylation is 1. The van der Waals surface area contributed by atoms with Gasteiger partial charge in [-0.25, -0.2) is 9.37 Å². The number of rotatable bonds is 7. The standard InChI is InChI=1S/C15H20FN3O2/c1-11-17-8-12(18-11)9-19(6-7-20)10-13-14(16)4-3-5-15(13)21-2/h3-5,8,20H,6-7,9-10H2,1-2H3,(H,17,18). The molecule has 6 heteroatoms. The Labute approximate surface area is 123 Å². The molecule has 2 aromatic rings. The summed E-state index contributed by atoms with van der Waals surface area (Å²) in [4.78, 5) is 9.22. The van der Waals surface area contributed by atoms with E-state index in [1.54, 1.807) is 18.3 Å². The summed E-state index contributed by atoms with van der Waals surface area (Å²) < 4.78 is 19.2. The van der Waals surface area contributed by atoms with Gasteiger partial charge in [-0.05, 0) is 19.1 Å². The monoisotopic (exact) mass is 293 g/mol. The Morgan fingerprint density at radius 3 is 2.81 bits per heavy atom. The number of aliphatic hydroxyl groups excluding tert-OH is 1. The third kappa shape index (κ3) is 4.03. The van der Waals surface area contributed by atoms with Crippen molar-refractivity contribution >= 4 is 0 Å². The molecule has 21 heavy (non-hydrogen) atoms. The van der Waals surface area contributed by atoms with Crippen LogP contribution in [0.2, 0.25) is 0 Å². The SMILES string of the molecule is COc1cccc(F)c1CN(CCO)Cc1cnc(C)[nH]1. The fraction of sp³-hybridized carbons (Fsp3) is 0.400. The lowest BCUT2D eigenvalue weighted by Crippen LogP contribution is -2.27. The first-order chi connectivity index (χ1) is 10.1. The largest absolute Gasteiger partial charge is 0.496 e. The lowest BCUT2D eigenvalue weighted by Gasteiger charge is -2.22. The highest BCUT2D eigenvalue weighted by atomic mass is 19.1. The van der Waals surface area contributed by atoms with Crippen LogP contribution in [0.15, 0.2) is 24.4 Å². The van der Waals surface area contributed by atoms with E-state index in [1.807, 2.05) is 11.8 Å². The molecule has 0 spiro atoms. The first kappa shape index (κ1) is 15.5. The summed E-state index contributed by atoms with van der Waals surface area (Å²) in [6.07, 6.45) is 1.75. The van der Waals surface area contributed by atoms with E-state index in [1.165, 1.54) is 13.2 Å². The smallest absolute Gasteiger partial charge is 0.131 e. The van der Waals surface area contributed by atoms with Crippen LogP contribution in [0, 0.1) is 12.7 Å². The van der Waals surface area contributed by atoms with Crippen molar-refractivity contribution < 1.29 is 14.2 Å². The van der Waals surface area contributed by atoms with Gasteiger partial charge in [0, 0.05) is 37.1 Å². The number of nitrogens with one attached hydrogen (secondary N) is 1. The van der Waals surface area contributed by atoms with Gasteiger partial charge in [0.1, 0.15) is 17.4 Å². The van der Waals surface area contributed by atoms with Crippen molar-refractivity contribution in [3.05, 3.63) is 47.3 Å². The van der Waals surface area contributed by atoms with E-state index < -0.39 is 0 Å². The zero-order valence-electron chi connectivity index (χ0n) is 12.3. The van der Waals surface area contributed by atoms with E-state index in [0.29, 0.717) is 30.9 Å². The van der Waals surface area contributed by atoms with Gasteiger partial charge in [-0.1, -0.05) is 6.07 Å². The maximum Gasteiger partial charge on any atom is 0.131 e.